The van der Waals surface area contributed by atoms with E-state index in [9.17, 15) is 0 Å². The molecule has 0 fully saturated rings. The topological polar surface area (TPSA) is 51.0 Å². The summed E-state index contributed by atoms with van der Waals surface area (Å²) in [6.45, 7) is 3.41. The number of nitrogens with zero attached hydrogens (tertiary/aromatic N) is 2. The molecule has 2 rings (SSSR count). The Morgan fingerprint density at radius 3 is 2.93 bits per heavy atom. The van der Waals surface area contributed by atoms with Crippen molar-refractivity contribution in [1.82, 2.24) is 15.6 Å². The molecule has 0 aliphatic heterocycles. The lowest BCUT2D eigenvalue weighted by molar-refractivity contribution is 0.300. The van der Waals surface area contributed by atoms with Gasteiger partial charge in [0.15, 0.2) is 0 Å². The molecule has 0 aliphatic rings. The van der Waals surface area contributed by atoms with E-state index in [1.54, 1.807) is 11.3 Å². The molecule has 0 atom stereocenters. The Bertz CT molecular complexity index is 440. The van der Waals surface area contributed by atoms with Gasteiger partial charge in [0.25, 0.3) is 0 Å². The maximum Gasteiger partial charge on any atom is 0.121 e. The molecule has 15 heavy (non-hydrogen) atoms. The van der Waals surface area contributed by atoms with Crippen molar-refractivity contribution in [3.8, 4) is 0 Å². The van der Waals surface area contributed by atoms with E-state index in [1.165, 1.54) is 4.88 Å². The molecule has 0 aliphatic carbocycles. The van der Waals surface area contributed by atoms with E-state index < -0.39 is 0 Å². The molecule has 0 spiro atoms. The van der Waals surface area contributed by atoms with Crippen molar-refractivity contribution < 1.29 is 4.63 Å². The van der Waals surface area contributed by atoms with Crippen LogP contribution in [-0.4, -0.2) is 10.3 Å². The molecule has 0 amide bonds. The van der Waals surface area contributed by atoms with Crippen LogP contribution in [0.2, 0.25) is 0 Å². The normalized spacial score (nSPS) is 10.8. The number of thiophene rings is 1. The van der Waals surface area contributed by atoms with Gasteiger partial charge in [0.2, 0.25) is 0 Å². The van der Waals surface area contributed by atoms with Crippen molar-refractivity contribution in [2.24, 2.45) is 0 Å². The van der Waals surface area contributed by atoms with E-state index in [2.05, 4.69) is 47.6 Å². The highest BCUT2D eigenvalue weighted by Gasteiger charge is 2.04. The lowest BCUT2D eigenvalue weighted by atomic mass is 10.3. The maximum absolute atomic E-state index is 4.61. The summed E-state index contributed by atoms with van der Waals surface area (Å²) in [5.41, 5.74) is 1.71. The van der Waals surface area contributed by atoms with Gasteiger partial charge in [-0.1, -0.05) is 10.3 Å². The second-order valence-corrected chi connectivity index (χ2v) is 5.04. The molecule has 0 unspecified atom stereocenters. The van der Waals surface area contributed by atoms with Gasteiger partial charge in [-0.3, -0.25) is 0 Å². The summed E-state index contributed by atoms with van der Waals surface area (Å²) in [6, 6.07) is 2.10. The van der Waals surface area contributed by atoms with E-state index in [0.717, 1.165) is 22.4 Å². The highest BCUT2D eigenvalue weighted by Crippen LogP contribution is 2.19. The molecule has 2 heterocycles. The van der Waals surface area contributed by atoms with Crippen molar-refractivity contribution in [2.75, 3.05) is 0 Å². The average Bonchev–Trinajstić information content (AvgIpc) is 2.77. The summed E-state index contributed by atoms with van der Waals surface area (Å²) >= 11 is 5.14. The van der Waals surface area contributed by atoms with Gasteiger partial charge >= 0.3 is 0 Å². The van der Waals surface area contributed by atoms with E-state index >= 15 is 0 Å². The number of hydrogen-bond donors (Lipinski definition) is 1. The smallest absolute Gasteiger partial charge is 0.121 e. The Morgan fingerprint density at radius 1 is 1.47 bits per heavy atom. The zero-order chi connectivity index (χ0) is 10.7. The summed E-state index contributed by atoms with van der Waals surface area (Å²) < 4.78 is 5.74. The minimum Gasteiger partial charge on any atom is -0.306 e. The van der Waals surface area contributed by atoms with Gasteiger partial charge in [-0.05, 0) is 28.9 Å². The predicted octanol–water partition coefficient (Wildman–Crippen LogP) is 2.49. The van der Waals surface area contributed by atoms with Gasteiger partial charge in [-0.25, -0.2) is 4.63 Å². The first-order valence-electron chi connectivity index (χ1n) is 4.47. The summed E-state index contributed by atoms with van der Waals surface area (Å²) in [5.74, 6) is 0. The van der Waals surface area contributed by atoms with Gasteiger partial charge in [0.1, 0.15) is 11.4 Å². The third-order valence-corrected chi connectivity index (χ3v) is 3.66. The number of aromatic nitrogens is 2. The Balaban J connectivity index is 1.83. The largest absolute Gasteiger partial charge is 0.306 e. The summed E-state index contributed by atoms with van der Waals surface area (Å²) in [4.78, 5) is 1.29. The highest BCUT2D eigenvalue weighted by molar-refractivity contribution is 9.10. The van der Waals surface area contributed by atoms with Crippen LogP contribution in [0.15, 0.2) is 20.5 Å². The molecule has 0 saturated heterocycles. The van der Waals surface area contributed by atoms with E-state index in [0.29, 0.717) is 6.54 Å². The van der Waals surface area contributed by atoms with Gasteiger partial charge in [0.05, 0.1) is 0 Å². The quantitative estimate of drug-likeness (QED) is 0.939. The standard InChI is InChI=1S/C9H10BrN3OS/c1-6-9(13-14-12-6)4-11-3-8-2-7(10)5-15-8/h2,5,11H,3-4H2,1H3. The molecular formula is C9H10BrN3OS. The summed E-state index contributed by atoms with van der Waals surface area (Å²) in [6.07, 6.45) is 0. The molecule has 6 heteroatoms. The van der Waals surface area contributed by atoms with Crippen LogP contribution < -0.4 is 5.32 Å². The van der Waals surface area contributed by atoms with Crippen LogP contribution in [0.25, 0.3) is 0 Å². The van der Waals surface area contributed by atoms with Crippen molar-refractivity contribution in [3.63, 3.8) is 0 Å². The average molecular weight is 288 g/mol. The molecule has 0 saturated carbocycles. The zero-order valence-electron chi connectivity index (χ0n) is 8.16. The van der Waals surface area contributed by atoms with Crippen LogP contribution in [0.5, 0.6) is 0 Å². The third-order valence-electron chi connectivity index (χ3n) is 1.96. The second kappa shape index (κ2) is 4.87. The van der Waals surface area contributed by atoms with Crippen LogP contribution in [0.1, 0.15) is 16.3 Å². The van der Waals surface area contributed by atoms with Crippen molar-refractivity contribution >= 4 is 27.3 Å². The van der Waals surface area contributed by atoms with Crippen LogP contribution in [0.3, 0.4) is 0 Å². The number of hydrogen-bond acceptors (Lipinski definition) is 5. The van der Waals surface area contributed by atoms with Gasteiger partial charge in [-0.2, -0.15) is 0 Å². The number of rotatable bonds is 4. The molecule has 2 aromatic heterocycles. The van der Waals surface area contributed by atoms with E-state index in [1.807, 2.05) is 6.92 Å². The monoisotopic (exact) mass is 287 g/mol. The molecule has 0 bridgehead atoms. The molecule has 0 radical (unpaired) electrons. The Morgan fingerprint density at radius 2 is 2.33 bits per heavy atom. The summed E-state index contributed by atoms with van der Waals surface area (Å²) in [5, 5.41) is 12.9. The third kappa shape index (κ3) is 2.87. The first-order chi connectivity index (χ1) is 7.25. The maximum atomic E-state index is 4.61. The first-order valence-corrected chi connectivity index (χ1v) is 6.14. The fourth-order valence-electron chi connectivity index (χ4n) is 1.16. The molecule has 0 aromatic carbocycles. The number of nitrogens with one attached hydrogen (secondary N) is 1. The lowest BCUT2D eigenvalue weighted by Gasteiger charge is -1.99. The van der Waals surface area contributed by atoms with Gasteiger partial charge < -0.3 is 5.32 Å². The van der Waals surface area contributed by atoms with Crippen molar-refractivity contribution in [1.29, 1.82) is 0 Å². The Hall–Kier alpha value is -0.720. The minimum absolute atomic E-state index is 0.685. The van der Waals surface area contributed by atoms with Gasteiger partial charge in [0, 0.05) is 27.8 Å². The zero-order valence-corrected chi connectivity index (χ0v) is 10.6. The molecule has 4 nitrogen and oxygen atoms in total. The van der Waals surface area contributed by atoms with E-state index in [-0.39, 0.29) is 0 Å². The fraction of sp³-hybridized carbons (Fsp3) is 0.333. The Kier molecular flexibility index (Phi) is 3.50. The predicted molar refractivity (Wildman–Crippen MR) is 61.6 cm³/mol. The van der Waals surface area contributed by atoms with Crippen LogP contribution in [-0.2, 0) is 13.1 Å². The highest BCUT2D eigenvalue weighted by atomic mass is 79.9. The minimum atomic E-state index is 0.685. The molecule has 1 N–H and O–H groups in total. The lowest BCUT2D eigenvalue weighted by Crippen LogP contribution is -2.12. The van der Waals surface area contributed by atoms with Crippen LogP contribution >= 0.6 is 27.3 Å². The number of aryl methyl sites for hydroxylation is 1. The molecule has 2 aromatic rings. The molecule has 80 valence electrons. The van der Waals surface area contributed by atoms with E-state index in [4.69, 9.17) is 0 Å². The van der Waals surface area contributed by atoms with Crippen molar-refractivity contribution in [3.05, 3.63) is 32.2 Å². The second-order valence-electron chi connectivity index (χ2n) is 3.13. The van der Waals surface area contributed by atoms with Crippen LogP contribution in [0, 0.1) is 6.92 Å². The Labute approximate surface area is 99.8 Å². The van der Waals surface area contributed by atoms with Gasteiger partial charge in [-0.15, -0.1) is 11.3 Å². The number of halogens is 1. The van der Waals surface area contributed by atoms with Crippen LogP contribution in [0.4, 0.5) is 0 Å². The fourth-order valence-corrected chi connectivity index (χ4v) is 2.58. The van der Waals surface area contributed by atoms with Crippen molar-refractivity contribution in [2.45, 2.75) is 20.0 Å². The summed E-state index contributed by atoms with van der Waals surface area (Å²) in [7, 11) is 0. The SMILES string of the molecule is Cc1nonc1CNCc1cc(Br)cs1. The first kappa shape index (κ1) is 10.8. The molecular weight excluding hydrogens is 278 g/mol.